The van der Waals surface area contributed by atoms with E-state index in [1.54, 1.807) is 0 Å². The van der Waals surface area contributed by atoms with Gasteiger partial charge >= 0.3 is 0 Å². The molecule has 0 radical (unpaired) electrons. The average molecular weight is 554 g/mol. The number of para-hydroxylation sites is 2. The normalized spacial score (nSPS) is 11.3. The van der Waals surface area contributed by atoms with E-state index < -0.39 is 0 Å². The maximum absolute atomic E-state index is 2.36. The molecule has 8 rings (SSSR count). The van der Waals surface area contributed by atoms with Crippen molar-refractivity contribution in [2.45, 2.75) is 0 Å². The lowest BCUT2D eigenvalue weighted by atomic mass is 9.97. The molecule has 0 aliphatic heterocycles. The molecule has 0 fully saturated rings. The smallest absolute Gasteiger partial charge is 0.0540 e. The molecule has 0 bridgehead atoms. The molecule has 0 saturated carbocycles. The zero-order valence-electron chi connectivity index (χ0n) is 22.9. The molecule has 0 amide bonds. The Labute approximate surface area is 249 Å². The number of thiophene rings is 1. The van der Waals surface area contributed by atoms with Crippen LogP contribution in [0.2, 0.25) is 0 Å². The van der Waals surface area contributed by atoms with Crippen LogP contribution in [0.15, 0.2) is 164 Å². The third-order valence-corrected chi connectivity index (χ3v) is 9.25. The molecule has 0 aliphatic rings. The van der Waals surface area contributed by atoms with E-state index in [0.717, 1.165) is 0 Å². The topological polar surface area (TPSA) is 4.93 Å². The first-order chi connectivity index (χ1) is 20.8. The second-order valence-electron chi connectivity index (χ2n) is 10.6. The number of hydrogen-bond donors (Lipinski definition) is 0. The van der Waals surface area contributed by atoms with Crippen molar-refractivity contribution in [1.82, 2.24) is 4.57 Å². The Morgan fingerprint density at radius 2 is 0.976 bits per heavy atom. The molecule has 0 atom stereocenters. The van der Waals surface area contributed by atoms with E-state index in [4.69, 9.17) is 0 Å². The maximum atomic E-state index is 2.36. The van der Waals surface area contributed by atoms with Gasteiger partial charge in [-0.2, -0.15) is 0 Å². The molecule has 2 heterocycles. The summed E-state index contributed by atoms with van der Waals surface area (Å²) in [5, 5.41) is 3.81. The van der Waals surface area contributed by atoms with Gasteiger partial charge in [0.1, 0.15) is 0 Å². The van der Waals surface area contributed by atoms with Crippen molar-refractivity contribution in [3.05, 3.63) is 164 Å². The lowest BCUT2D eigenvalue weighted by Crippen LogP contribution is -1.96. The molecule has 0 unspecified atom stereocenters. The van der Waals surface area contributed by atoms with Gasteiger partial charge in [0, 0.05) is 20.8 Å². The summed E-state index contributed by atoms with van der Waals surface area (Å²) in [6.07, 6.45) is 0. The Kier molecular flexibility index (Phi) is 6.05. The van der Waals surface area contributed by atoms with Gasteiger partial charge in [-0.1, -0.05) is 127 Å². The first-order valence-electron chi connectivity index (χ1n) is 14.3. The summed E-state index contributed by atoms with van der Waals surface area (Å²) in [5.41, 5.74) is 9.81. The first-order valence-corrected chi connectivity index (χ1v) is 15.1. The molecule has 2 aromatic heterocycles. The van der Waals surface area contributed by atoms with Crippen molar-refractivity contribution < 1.29 is 0 Å². The van der Waals surface area contributed by atoms with Gasteiger partial charge < -0.3 is 4.57 Å². The molecule has 2 heteroatoms. The number of hydrogen-bond acceptors (Lipinski definition) is 1. The Balaban J connectivity index is 1.09. The minimum absolute atomic E-state index is 1.17. The highest BCUT2D eigenvalue weighted by atomic mass is 32.1. The van der Waals surface area contributed by atoms with Gasteiger partial charge in [0.2, 0.25) is 0 Å². The molecule has 0 spiro atoms. The van der Waals surface area contributed by atoms with Crippen LogP contribution in [0.5, 0.6) is 0 Å². The van der Waals surface area contributed by atoms with E-state index in [-0.39, 0.29) is 0 Å². The summed E-state index contributed by atoms with van der Waals surface area (Å²) >= 11 is 1.84. The lowest BCUT2D eigenvalue weighted by Gasteiger charge is -2.11. The molecule has 6 aromatic carbocycles. The summed E-state index contributed by atoms with van der Waals surface area (Å²) in [4.78, 5) is 2.56. The molecule has 42 heavy (non-hydrogen) atoms. The van der Waals surface area contributed by atoms with Crippen molar-refractivity contribution in [3.63, 3.8) is 0 Å². The van der Waals surface area contributed by atoms with Gasteiger partial charge in [-0.05, 0) is 75.0 Å². The zero-order chi connectivity index (χ0) is 27.9. The quantitative estimate of drug-likeness (QED) is 0.200. The molecule has 0 aliphatic carbocycles. The number of aromatic nitrogens is 1. The van der Waals surface area contributed by atoms with Crippen molar-refractivity contribution in [3.8, 4) is 49.0 Å². The minimum atomic E-state index is 1.17. The van der Waals surface area contributed by atoms with Crippen molar-refractivity contribution in [2.75, 3.05) is 0 Å². The van der Waals surface area contributed by atoms with Crippen LogP contribution in [0, 0.1) is 0 Å². The van der Waals surface area contributed by atoms with Gasteiger partial charge in [0.15, 0.2) is 0 Å². The Morgan fingerprint density at radius 1 is 0.405 bits per heavy atom. The summed E-state index contributed by atoms with van der Waals surface area (Å²) < 4.78 is 2.36. The second kappa shape index (κ2) is 10.3. The standard InChI is InChI=1S/C40H27NS/c1-2-12-34(13-3-1)41-37-16-7-5-10-33(37)27-38(41)30-19-23-32(24-20-30)40-26-25-39(42-40)31-21-17-29(18-22-31)36-15-8-11-28-9-4-6-14-35(28)36/h1-27H. The Morgan fingerprint density at radius 3 is 1.71 bits per heavy atom. The van der Waals surface area contributed by atoms with Crippen LogP contribution in [-0.4, -0.2) is 4.57 Å². The largest absolute Gasteiger partial charge is 0.309 e. The minimum Gasteiger partial charge on any atom is -0.309 e. The Hall–Kier alpha value is -5.18. The van der Waals surface area contributed by atoms with Gasteiger partial charge in [-0.3, -0.25) is 0 Å². The monoisotopic (exact) mass is 553 g/mol. The number of nitrogens with zero attached hydrogens (tertiary/aromatic N) is 1. The highest BCUT2D eigenvalue weighted by Gasteiger charge is 2.13. The number of fused-ring (bicyclic) bond motifs is 2. The average Bonchev–Trinajstić information content (AvgIpc) is 3.71. The molecular formula is C40H27NS. The fourth-order valence-corrected chi connectivity index (χ4v) is 6.98. The van der Waals surface area contributed by atoms with E-state index >= 15 is 0 Å². The molecule has 8 aromatic rings. The predicted molar refractivity (Wildman–Crippen MR) is 180 cm³/mol. The summed E-state index contributed by atoms with van der Waals surface area (Å²) in [5.74, 6) is 0. The third kappa shape index (κ3) is 4.34. The van der Waals surface area contributed by atoms with Crippen LogP contribution in [0.3, 0.4) is 0 Å². The molecule has 0 saturated heterocycles. The van der Waals surface area contributed by atoms with E-state index in [0.29, 0.717) is 0 Å². The van der Waals surface area contributed by atoms with Crippen LogP contribution < -0.4 is 0 Å². The van der Waals surface area contributed by atoms with Gasteiger partial charge in [-0.25, -0.2) is 0 Å². The van der Waals surface area contributed by atoms with Crippen molar-refractivity contribution in [1.29, 1.82) is 0 Å². The van der Waals surface area contributed by atoms with Crippen LogP contribution >= 0.6 is 11.3 Å². The van der Waals surface area contributed by atoms with Crippen LogP contribution in [-0.2, 0) is 0 Å². The fraction of sp³-hybridized carbons (Fsp3) is 0. The molecule has 0 N–H and O–H groups in total. The summed E-state index contributed by atoms with van der Waals surface area (Å²) in [6.45, 7) is 0. The first kappa shape index (κ1) is 24.6. The van der Waals surface area contributed by atoms with E-state index in [1.165, 1.54) is 70.6 Å². The van der Waals surface area contributed by atoms with Crippen LogP contribution in [0.1, 0.15) is 0 Å². The molecular weight excluding hydrogens is 527 g/mol. The van der Waals surface area contributed by atoms with Crippen molar-refractivity contribution >= 4 is 33.0 Å². The maximum Gasteiger partial charge on any atom is 0.0540 e. The fourth-order valence-electron chi connectivity index (χ4n) is 5.97. The van der Waals surface area contributed by atoms with E-state index in [9.17, 15) is 0 Å². The van der Waals surface area contributed by atoms with Gasteiger partial charge in [0.05, 0.1) is 11.2 Å². The van der Waals surface area contributed by atoms with E-state index in [1.807, 2.05) is 11.3 Å². The van der Waals surface area contributed by atoms with E-state index in [2.05, 4.69) is 168 Å². The highest BCUT2D eigenvalue weighted by Crippen LogP contribution is 2.38. The number of rotatable bonds is 5. The van der Waals surface area contributed by atoms with Crippen LogP contribution in [0.4, 0.5) is 0 Å². The molecule has 1 nitrogen and oxygen atoms in total. The second-order valence-corrected chi connectivity index (χ2v) is 11.7. The van der Waals surface area contributed by atoms with Crippen molar-refractivity contribution in [2.24, 2.45) is 0 Å². The number of benzene rings is 6. The highest BCUT2D eigenvalue weighted by molar-refractivity contribution is 7.18. The SMILES string of the molecule is c1ccc(-n2c(-c3ccc(-c4ccc(-c5ccc(-c6cccc7ccccc67)cc5)s4)cc3)cc3ccccc32)cc1. The third-order valence-electron chi connectivity index (χ3n) is 8.07. The van der Waals surface area contributed by atoms with Gasteiger partial charge in [0.25, 0.3) is 0 Å². The summed E-state index contributed by atoms with van der Waals surface area (Å²) in [6, 6.07) is 59.1. The lowest BCUT2D eigenvalue weighted by molar-refractivity contribution is 1.13. The summed E-state index contributed by atoms with van der Waals surface area (Å²) in [7, 11) is 0. The Bertz CT molecular complexity index is 2160. The predicted octanol–water partition coefficient (Wildman–Crippen LogP) is 11.5. The zero-order valence-corrected chi connectivity index (χ0v) is 23.8. The van der Waals surface area contributed by atoms with Crippen LogP contribution in [0.25, 0.3) is 70.6 Å². The molecule has 198 valence electrons. The van der Waals surface area contributed by atoms with Gasteiger partial charge in [-0.15, -0.1) is 11.3 Å².